The summed E-state index contributed by atoms with van der Waals surface area (Å²) in [6.07, 6.45) is 6.28. The van der Waals surface area contributed by atoms with Gasteiger partial charge in [-0.05, 0) is 44.9 Å². The van der Waals surface area contributed by atoms with E-state index in [1.807, 2.05) is 0 Å². The molecule has 0 bridgehead atoms. The van der Waals surface area contributed by atoms with Gasteiger partial charge in [0.05, 0.1) is 12.0 Å². The van der Waals surface area contributed by atoms with Crippen molar-refractivity contribution in [3.8, 4) is 5.75 Å². The van der Waals surface area contributed by atoms with E-state index in [0.29, 0.717) is 16.5 Å². The maximum absolute atomic E-state index is 12.9. The summed E-state index contributed by atoms with van der Waals surface area (Å²) in [7, 11) is 0. The lowest BCUT2D eigenvalue weighted by Gasteiger charge is -2.23. The number of nitrogens with zero attached hydrogens (tertiary/aromatic N) is 1. The van der Waals surface area contributed by atoms with Gasteiger partial charge < -0.3 is 19.4 Å². The Kier molecular flexibility index (Phi) is 6.90. The van der Waals surface area contributed by atoms with Crippen LogP contribution in [0.4, 0.5) is 0 Å². The van der Waals surface area contributed by atoms with E-state index in [4.69, 9.17) is 9.47 Å². The Morgan fingerprint density at radius 1 is 1.17 bits per heavy atom. The molecule has 0 spiro atoms. The minimum Gasteiger partial charge on any atom is -0.478 e. The van der Waals surface area contributed by atoms with Gasteiger partial charge >= 0.3 is 5.97 Å². The molecule has 3 rings (SSSR count). The molecule has 29 heavy (non-hydrogen) atoms. The van der Waals surface area contributed by atoms with Crippen molar-refractivity contribution in [3.05, 3.63) is 40.8 Å². The number of benzene rings is 1. The largest absolute Gasteiger partial charge is 0.478 e. The number of rotatable bonds is 7. The van der Waals surface area contributed by atoms with Crippen molar-refractivity contribution in [2.75, 3.05) is 6.61 Å². The molecule has 0 aliphatic heterocycles. The third kappa shape index (κ3) is 5.16. The molecule has 1 amide bonds. The van der Waals surface area contributed by atoms with Crippen LogP contribution in [0.15, 0.2) is 35.3 Å². The van der Waals surface area contributed by atoms with E-state index >= 15 is 0 Å². The number of ether oxygens (including phenoxy) is 2. The van der Waals surface area contributed by atoms with Crippen molar-refractivity contribution in [1.82, 2.24) is 9.88 Å². The van der Waals surface area contributed by atoms with E-state index in [1.54, 1.807) is 44.3 Å². The number of carbonyl (C=O) groups is 2. The number of amides is 1. The normalized spacial score (nSPS) is 15.7. The summed E-state index contributed by atoms with van der Waals surface area (Å²) in [5, 5.41) is 4.06. The number of carbonyl (C=O) groups excluding carboxylic acids is 2. The molecule has 0 saturated heterocycles. The first kappa shape index (κ1) is 20.9. The average molecular weight is 400 g/mol. The Balaban J connectivity index is 1.76. The van der Waals surface area contributed by atoms with Gasteiger partial charge in [-0.1, -0.05) is 25.3 Å². The molecule has 0 radical (unpaired) electrons. The van der Waals surface area contributed by atoms with E-state index in [-0.39, 0.29) is 30.7 Å². The van der Waals surface area contributed by atoms with Crippen molar-refractivity contribution in [1.29, 1.82) is 0 Å². The van der Waals surface area contributed by atoms with E-state index in [2.05, 4.69) is 5.32 Å². The van der Waals surface area contributed by atoms with Crippen LogP contribution in [0.2, 0.25) is 0 Å². The zero-order valence-corrected chi connectivity index (χ0v) is 17.0. The lowest BCUT2D eigenvalue weighted by Crippen LogP contribution is -2.39. The van der Waals surface area contributed by atoms with Crippen LogP contribution in [0, 0.1) is 0 Å². The fourth-order valence-electron chi connectivity index (χ4n) is 3.69. The fraction of sp³-hybridized carbons (Fsp3) is 0.500. The maximum Gasteiger partial charge on any atom is 0.347 e. The van der Waals surface area contributed by atoms with Crippen LogP contribution in [0.3, 0.4) is 0 Å². The standard InChI is InChI=1S/C22H28N2O5/c1-3-28-22(27)15(2)29-19-11-7-10-18-17(19)12-13-24(21(18)26)14-20(25)23-16-8-5-4-6-9-16/h7,10-13,15-16H,3-6,8-9,14H2,1-2H3,(H,23,25)/t15-/m0/s1. The number of aromatic nitrogens is 1. The minimum atomic E-state index is -0.788. The molecule has 1 aromatic carbocycles. The lowest BCUT2D eigenvalue weighted by molar-refractivity contribution is -0.150. The lowest BCUT2D eigenvalue weighted by atomic mass is 9.95. The summed E-state index contributed by atoms with van der Waals surface area (Å²) in [5.74, 6) is -0.183. The predicted molar refractivity (Wildman–Crippen MR) is 110 cm³/mol. The molecule has 0 unspecified atom stereocenters. The Hall–Kier alpha value is -2.83. The summed E-state index contributed by atoms with van der Waals surface area (Å²) in [6, 6.07) is 7.03. The van der Waals surface area contributed by atoms with Crippen molar-refractivity contribution >= 4 is 22.6 Å². The van der Waals surface area contributed by atoms with Crippen LogP contribution < -0.4 is 15.6 Å². The highest BCUT2D eigenvalue weighted by molar-refractivity contribution is 5.88. The Bertz CT molecular complexity index is 930. The summed E-state index contributed by atoms with van der Waals surface area (Å²) < 4.78 is 12.1. The van der Waals surface area contributed by atoms with Gasteiger partial charge in [-0.3, -0.25) is 9.59 Å². The fourth-order valence-corrected chi connectivity index (χ4v) is 3.69. The quantitative estimate of drug-likeness (QED) is 0.722. The summed E-state index contributed by atoms with van der Waals surface area (Å²) >= 11 is 0. The second kappa shape index (κ2) is 9.58. The maximum atomic E-state index is 12.9. The van der Waals surface area contributed by atoms with Crippen molar-refractivity contribution in [2.24, 2.45) is 0 Å². The van der Waals surface area contributed by atoms with Crippen LogP contribution in [0.5, 0.6) is 5.75 Å². The van der Waals surface area contributed by atoms with E-state index < -0.39 is 12.1 Å². The second-order valence-electron chi connectivity index (χ2n) is 7.38. The van der Waals surface area contributed by atoms with Crippen molar-refractivity contribution in [2.45, 2.75) is 64.6 Å². The molecule has 7 heteroatoms. The second-order valence-corrected chi connectivity index (χ2v) is 7.38. The monoisotopic (exact) mass is 400 g/mol. The number of nitrogens with one attached hydrogen (secondary N) is 1. The van der Waals surface area contributed by atoms with E-state index in [1.165, 1.54) is 11.0 Å². The van der Waals surface area contributed by atoms with Crippen LogP contribution >= 0.6 is 0 Å². The predicted octanol–water partition coefficient (Wildman–Crippen LogP) is 2.78. The molecule has 7 nitrogen and oxygen atoms in total. The van der Waals surface area contributed by atoms with E-state index in [9.17, 15) is 14.4 Å². The highest BCUT2D eigenvalue weighted by Crippen LogP contribution is 2.24. The van der Waals surface area contributed by atoms with Gasteiger partial charge in [-0.2, -0.15) is 0 Å². The number of fused-ring (bicyclic) bond motifs is 1. The molecule has 1 aliphatic carbocycles. The summed E-state index contributed by atoms with van der Waals surface area (Å²) in [5.41, 5.74) is -0.268. The molecule has 1 N–H and O–H groups in total. The minimum absolute atomic E-state index is 0.0183. The third-order valence-electron chi connectivity index (χ3n) is 5.19. The summed E-state index contributed by atoms with van der Waals surface area (Å²) in [6.45, 7) is 3.59. The number of hydrogen-bond donors (Lipinski definition) is 1. The number of esters is 1. The zero-order valence-electron chi connectivity index (χ0n) is 17.0. The molecule has 1 aromatic heterocycles. The van der Waals surface area contributed by atoms with Gasteiger partial charge in [0.2, 0.25) is 5.91 Å². The van der Waals surface area contributed by atoms with Crippen LogP contribution in [-0.2, 0) is 20.9 Å². The van der Waals surface area contributed by atoms with Crippen molar-refractivity contribution < 1.29 is 19.1 Å². The smallest absolute Gasteiger partial charge is 0.347 e. The highest BCUT2D eigenvalue weighted by Gasteiger charge is 2.19. The first-order chi connectivity index (χ1) is 14.0. The molecular weight excluding hydrogens is 372 g/mol. The molecule has 1 atom stereocenters. The molecule has 156 valence electrons. The van der Waals surface area contributed by atoms with Gasteiger partial charge in [-0.15, -0.1) is 0 Å². The Morgan fingerprint density at radius 2 is 1.93 bits per heavy atom. The van der Waals surface area contributed by atoms with Gasteiger partial charge in [0.25, 0.3) is 5.56 Å². The van der Waals surface area contributed by atoms with Crippen LogP contribution in [0.25, 0.3) is 10.8 Å². The number of pyridine rings is 1. The molecule has 1 heterocycles. The Labute approximate surface area is 170 Å². The number of hydrogen-bond acceptors (Lipinski definition) is 5. The van der Waals surface area contributed by atoms with Gasteiger partial charge in [0.15, 0.2) is 6.10 Å². The first-order valence-corrected chi connectivity index (χ1v) is 10.2. The van der Waals surface area contributed by atoms with Gasteiger partial charge in [0.1, 0.15) is 12.3 Å². The molecule has 1 aliphatic rings. The molecule has 2 aromatic rings. The zero-order chi connectivity index (χ0) is 20.8. The highest BCUT2D eigenvalue weighted by atomic mass is 16.6. The van der Waals surface area contributed by atoms with E-state index in [0.717, 1.165) is 25.7 Å². The van der Waals surface area contributed by atoms with Crippen LogP contribution in [0.1, 0.15) is 46.0 Å². The van der Waals surface area contributed by atoms with Gasteiger partial charge in [0, 0.05) is 17.6 Å². The molecular formula is C22H28N2O5. The van der Waals surface area contributed by atoms with Crippen LogP contribution in [-0.4, -0.2) is 35.2 Å². The van der Waals surface area contributed by atoms with Crippen molar-refractivity contribution in [3.63, 3.8) is 0 Å². The topological polar surface area (TPSA) is 86.6 Å². The third-order valence-corrected chi connectivity index (χ3v) is 5.19. The Morgan fingerprint density at radius 3 is 2.66 bits per heavy atom. The summed E-state index contributed by atoms with van der Waals surface area (Å²) in [4.78, 5) is 37.1. The molecule has 1 fully saturated rings. The molecule has 1 saturated carbocycles. The average Bonchev–Trinajstić information content (AvgIpc) is 2.71. The SMILES string of the molecule is CCOC(=O)[C@H](C)Oc1cccc2c(=O)n(CC(=O)NC3CCCCC3)ccc12. The van der Waals surface area contributed by atoms with Gasteiger partial charge in [-0.25, -0.2) is 4.79 Å². The first-order valence-electron chi connectivity index (χ1n) is 10.2.